The van der Waals surface area contributed by atoms with E-state index in [1.807, 2.05) is 31.2 Å². The topological polar surface area (TPSA) is 101 Å². The summed E-state index contributed by atoms with van der Waals surface area (Å²) in [6.45, 7) is 2.27. The molecule has 4 N–H and O–H groups in total. The third-order valence-electron chi connectivity index (χ3n) is 5.36. The molecule has 2 heterocycles. The molecule has 0 atom stereocenters. The zero-order valence-electron chi connectivity index (χ0n) is 15.3. The Balaban J connectivity index is 1.58. The maximum absolute atomic E-state index is 12.6. The molecule has 142 valence electrons. The summed E-state index contributed by atoms with van der Waals surface area (Å²) in [5.41, 5.74) is 9.69. The second-order valence-electron chi connectivity index (χ2n) is 7.49. The number of pyridine rings is 1. The van der Waals surface area contributed by atoms with E-state index < -0.39 is 15.6 Å². The maximum atomic E-state index is 12.6. The van der Waals surface area contributed by atoms with Gasteiger partial charge in [-0.2, -0.15) is 0 Å². The van der Waals surface area contributed by atoms with Crippen LogP contribution in [0.3, 0.4) is 0 Å². The Morgan fingerprint density at radius 3 is 2.59 bits per heavy atom. The summed E-state index contributed by atoms with van der Waals surface area (Å²) < 4.78 is 27.9. The van der Waals surface area contributed by atoms with Crippen molar-refractivity contribution in [1.82, 2.24) is 14.7 Å². The van der Waals surface area contributed by atoms with Crippen LogP contribution >= 0.6 is 0 Å². The van der Waals surface area contributed by atoms with Crippen molar-refractivity contribution in [2.45, 2.75) is 43.0 Å². The number of aromatic amines is 1. The number of hydrogen-bond donors (Lipinski definition) is 3. The zero-order valence-corrected chi connectivity index (χ0v) is 16.1. The Hall–Kier alpha value is -2.22. The lowest BCUT2D eigenvalue weighted by molar-refractivity contribution is 0.431. The lowest BCUT2D eigenvalue weighted by Gasteiger charge is -2.23. The lowest BCUT2D eigenvalue weighted by atomic mass is 10.0. The average molecular weight is 385 g/mol. The van der Waals surface area contributed by atoms with Gasteiger partial charge in [0.1, 0.15) is 5.65 Å². The minimum atomic E-state index is -3.57. The number of fused-ring (bicyclic) bond motifs is 1. The molecular weight excluding hydrogens is 360 g/mol. The van der Waals surface area contributed by atoms with Crippen molar-refractivity contribution in [3.05, 3.63) is 48.3 Å². The van der Waals surface area contributed by atoms with Crippen LogP contribution in [-0.2, 0) is 10.0 Å². The number of nitrogens with zero attached hydrogens (tertiary/aromatic N) is 1. The smallest absolute Gasteiger partial charge is 0.240 e. The number of nitrogens with one attached hydrogen (secondary N) is 2. The highest BCUT2D eigenvalue weighted by molar-refractivity contribution is 7.89. The number of H-pyrrole nitrogens is 1. The Morgan fingerprint density at radius 1 is 1.19 bits per heavy atom. The quantitative estimate of drug-likeness (QED) is 0.629. The van der Waals surface area contributed by atoms with E-state index in [1.165, 1.54) is 0 Å². The van der Waals surface area contributed by atoms with Gasteiger partial charge in [-0.1, -0.05) is 25.0 Å². The number of benzene rings is 1. The van der Waals surface area contributed by atoms with E-state index in [1.54, 1.807) is 18.3 Å². The highest BCUT2D eigenvalue weighted by Gasteiger charge is 2.30. The predicted molar refractivity (Wildman–Crippen MR) is 107 cm³/mol. The first kappa shape index (κ1) is 18.2. The summed E-state index contributed by atoms with van der Waals surface area (Å²) >= 11 is 0. The van der Waals surface area contributed by atoms with Gasteiger partial charge in [-0.15, -0.1) is 0 Å². The Bertz CT molecular complexity index is 1070. The first-order valence-electron chi connectivity index (χ1n) is 9.20. The second-order valence-corrected chi connectivity index (χ2v) is 9.26. The van der Waals surface area contributed by atoms with Crippen LogP contribution in [0.15, 0.2) is 47.5 Å². The van der Waals surface area contributed by atoms with Gasteiger partial charge in [-0.05, 0) is 55.2 Å². The summed E-state index contributed by atoms with van der Waals surface area (Å²) in [5.74, 6) is 0. The number of sulfonamides is 1. The van der Waals surface area contributed by atoms with E-state index in [0.717, 1.165) is 53.5 Å². The number of aryl methyl sites for hydroxylation is 1. The van der Waals surface area contributed by atoms with Crippen LogP contribution in [0.4, 0.5) is 0 Å². The molecule has 0 amide bonds. The first-order chi connectivity index (χ1) is 12.9. The van der Waals surface area contributed by atoms with Gasteiger partial charge in [-0.3, -0.25) is 0 Å². The number of nitrogens with two attached hydrogens (primary N) is 1. The third kappa shape index (κ3) is 3.63. The summed E-state index contributed by atoms with van der Waals surface area (Å²) in [6, 6.07) is 10.9. The average Bonchev–Trinajstić information content (AvgIpc) is 3.25. The van der Waals surface area contributed by atoms with Gasteiger partial charge in [-0.25, -0.2) is 18.1 Å². The van der Waals surface area contributed by atoms with E-state index in [-0.39, 0.29) is 11.4 Å². The molecule has 6 nitrogen and oxygen atoms in total. The van der Waals surface area contributed by atoms with Crippen LogP contribution in [-0.4, -0.2) is 30.5 Å². The van der Waals surface area contributed by atoms with Gasteiger partial charge in [0.15, 0.2) is 0 Å². The van der Waals surface area contributed by atoms with Crippen LogP contribution in [0.2, 0.25) is 0 Å². The highest BCUT2D eigenvalue weighted by Crippen LogP contribution is 2.29. The van der Waals surface area contributed by atoms with Gasteiger partial charge >= 0.3 is 0 Å². The minimum absolute atomic E-state index is 0.253. The normalized spacial score (nSPS) is 16.8. The molecule has 1 aliphatic rings. The molecule has 0 saturated heterocycles. The summed E-state index contributed by atoms with van der Waals surface area (Å²) in [5, 5.41) is 1.02. The number of aromatic nitrogens is 2. The van der Waals surface area contributed by atoms with Gasteiger partial charge in [0.05, 0.1) is 4.90 Å². The van der Waals surface area contributed by atoms with E-state index in [2.05, 4.69) is 14.7 Å². The fourth-order valence-corrected chi connectivity index (χ4v) is 4.94. The van der Waals surface area contributed by atoms with Crippen LogP contribution in [0.25, 0.3) is 22.2 Å². The molecule has 0 unspecified atom stereocenters. The molecule has 1 aromatic carbocycles. The Kier molecular flexibility index (Phi) is 4.53. The van der Waals surface area contributed by atoms with Crippen LogP contribution in [0.1, 0.15) is 31.4 Å². The molecule has 1 aliphatic carbocycles. The fourth-order valence-electron chi connectivity index (χ4n) is 3.80. The van der Waals surface area contributed by atoms with Crippen molar-refractivity contribution in [3.8, 4) is 11.1 Å². The van der Waals surface area contributed by atoms with Crippen molar-refractivity contribution >= 4 is 21.1 Å². The molecular formula is C20H24N4O2S. The van der Waals surface area contributed by atoms with Gasteiger partial charge in [0.2, 0.25) is 10.0 Å². The predicted octanol–water partition coefficient (Wildman–Crippen LogP) is 3.09. The molecule has 4 rings (SSSR count). The standard InChI is InChI=1S/C20H24N4O2S/c1-14-12-18-17(8-11-22-19(18)24-14)15-4-6-16(7-5-15)27(25,26)23-13-20(21)9-2-3-10-20/h4-8,11-12,23H,2-3,9-10,13,21H2,1H3,(H,22,24). The highest BCUT2D eigenvalue weighted by atomic mass is 32.2. The van der Waals surface area contributed by atoms with E-state index in [0.29, 0.717) is 0 Å². The molecule has 0 spiro atoms. The summed E-state index contributed by atoms with van der Waals surface area (Å²) in [7, 11) is -3.57. The molecule has 3 aromatic rings. The minimum Gasteiger partial charge on any atom is -0.344 e. The van der Waals surface area contributed by atoms with Crippen LogP contribution in [0, 0.1) is 6.92 Å². The molecule has 1 saturated carbocycles. The lowest BCUT2D eigenvalue weighted by Crippen LogP contribution is -2.47. The number of hydrogen-bond acceptors (Lipinski definition) is 4. The summed E-state index contributed by atoms with van der Waals surface area (Å²) in [6.07, 6.45) is 5.60. The monoisotopic (exact) mass is 384 g/mol. The fraction of sp³-hybridized carbons (Fsp3) is 0.350. The van der Waals surface area contributed by atoms with Crippen molar-refractivity contribution in [2.24, 2.45) is 5.73 Å². The van der Waals surface area contributed by atoms with E-state index in [4.69, 9.17) is 5.73 Å². The van der Waals surface area contributed by atoms with Gasteiger partial charge < -0.3 is 10.7 Å². The van der Waals surface area contributed by atoms with Crippen molar-refractivity contribution in [3.63, 3.8) is 0 Å². The molecule has 1 fully saturated rings. The molecule has 2 aromatic heterocycles. The van der Waals surface area contributed by atoms with E-state index in [9.17, 15) is 8.42 Å². The van der Waals surface area contributed by atoms with E-state index >= 15 is 0 Å². The molecule has 0 bridgehead atoms. The van der Waals surface area contributed by atoms with Gasteiger partial charge in [0, 0.05) is 29.4 Å². The zero-order chi connectivity index (χ0) is 19.1. The molecule has 0 aliphatic heterocycles. The second kappa shape index (κ2) is 6.74. The first-order valence-corrected chi connectivity index (χ1v) is 10.7. The van der Waals surface area contributed by atoms with Crippen LogP contribution < -0.4 is 10.5 Å². The van der Waals surface area contributed by atoms with Gasteiger partial charge in [0.25, 0.3) is 0 Å². The molecule has 0 radical (unpaired) electrons. The maximum Gasteiger partial charge on any atom is 0.240 e. The largest absolute Gasteiger partial charge is 0.344 e. The third-order valence-corrected chi connectivity index (χ3v) is 6.77. The van der Waals surface area contributed by atoms with Crippen LogP contribution in [0.5, 0.6) is 0 Å². The SMILES string of the molecule is Cc1cc2c(-c3ccc(S(=O)(=O)NCC4(N)CCCC4)cc3)ccnc2[nH]1. The van der Waals surface area contributed by atoms with Crippen molar-refractivity contribution in [2.75, 3.05) is 6.54 Å². The van der Waals surface area contributed by atoms with Crippen molar-refractivity contribution < 1.29 is 8.42 Å². The van der Waals surface area contributed by atoms with Crippen molar-refractivity contribution in [1.29, 1.82) is 0 Å². The summed E-state index contributed by atoms with van der Waals surface area (Å²) in [4.78, 5) is 7.82. The molecule has 27 heavy (non-hydrogen) atoms. The number of rotatable bonds is 5. The Labute approximate surface area is 159 Å². The Morgan fingerprint density at radius 2 is 1.89 bits per heavy atom. The molecule has 7 heteroatoms.